The zero-order valence-electron chi connectivity index (χ0n) is 12.9. The Bertz CT molecular complexity index is 507. The van der Waals surface area contributed by atoms with Crippen LogP contribution < -0.4 is 15.4 Å². The topological polar surface area (TPSA) is 74.2 Å². The summed E-state index contributed by atoms with van der Waals surface area (Å²) in [5, 5.41) is 14.4. The third kappa shape index (κ3) is 6.28. The molecule has 0 saturated carbocycles. The van der Waals surface area contributed by atoms with E-state index in [0.717, 1.165) is 16.9 Å². The number of nitrogens with zero attached hydrogens (tertiary/aromatic N) is 1. The van der Waals surface area contributed by atoms with Crippen molar-refractivity contribution in [3.05, 3.63) is 29.3 Å². The second-order valence-electron chi connectivity index (χ2n) is 5.15. The van der Waals surface area contributed by atoms with E-state index in [2.05, 4.69) is 24.5 Å². The maximum atomic E-state index is 11.6. The monoisotopic (exact) mass is 289 g/mol. The molecule has 0 unspecified atom stereocenters. The normalized spacial score (nSPS) is 10.2. The van der Waals surface area contributed by atoms with Crippen LogP contribution in [-0.4, -0.2) is 25.1 Å². The third-order valence-electron chi connectivity index (χ3n) is 2.90. The van der Waals surface area contributed by atoms with Crippen molar-refractivity contribution in [2.45, 2.75) is 39.8 Å². The Morgan fingerprint density at radius 2 is 2.19 bits per heavy atom. The summed E-state index contributed by atoms with van der Waals surface area (Å²) in [5.41, 5.74) is 2.04. The van der Waals surface area contributed by atoms with Gasteiger partial charge >= 0.3 is 0 Å². The second-order valence-corrected chi connectivity index (χ2v) is 5.15. The number of carbonyl (C=O) groups excluding carboxylic acids is 1. The molecule has 0 fully saturated rings. The highest BCUT2D eigenvalue weighted by atomic mass is 16.5. The third-order valence-corrected chi connectivity index (χ3v) is 2.90. The predicted octanol–water partition coefficient (Wildman–Crippen LogP) is 1.90. The molecule has 2 N–H and O–H groups in total. The van der Waals surface area contributed by atoms with Gasteiger partial charge in [-0.05, 0) is 12.5 Å². The fraction of sp³-hybridized carbons (Fsp3) is 0.500. The Morgan fingerprint density at radius 1 is 1.43 bits per heavy atom. The number of hydrogen-bond acceptors (Lipinski definition) is 4. The average Bonchev–Trinajstić information content (AvgIpc) is 2.44. The molecule has 0 saturated heterocycles. The van der Waals surface area contributed by atoms with Gasteiger partial charge in [0.25, 0.3) is 5.91 Å². The van der Waals surface area contributed by atoms with Gasteiger partial charge in [0.1, 0.15) is 5.75 Å². The predicted molar refractivity (Wildman–Crippen MR) is 81.9 cm³/mol. The van der Waals surface area contributed by atoms with Gasteiger partial charge < -0.3 is 15.4 Å². The summed E-state index contributed by atoms with van der Waals surface area (Å²) in [5.74, 6) is 0.539. The number of nitriles is 1. The van der Waals surface area contributed by atoms with Crippen LogP contribution in [0, 0.1) is 18.3 Å². The van der Waals surface area contributed by atoms with Crippen LogP contribution in [0.2, 0.25) is 0 Å². The Kier molecular flexibility index (Phi) is 7.27. The van der Waals surface area contributed by atoms with E-state index in [-0.39, 0.29) is 12.5 Å². The Labute approximate surface area is 126 Å². The van der Waals surface area contributed by atoms with Gasteiger partial charge in [-0.3, -0.25) is 4.79 Å². The van der Waals surface area contributed by atoms with Crippen molar-refractivity contribution in [1.82, 2.24) is 10.6 Å². The number of aryl methyl sites for hydroxylation is 1. The van der Waals surface area contributed by atoms with E-state index in [4.69, 9.17) is 10.00 Å². The number of hydrogen-bond donors (Lipinski definition) is 2. The van der Waals surface area contributed by atoms with Gasteiger partial charge in [-0.25, -0.2) is 0 Å². The van der Waals surface area contributed by atoms with Crippen LogP contribution in [0.3, 0.4) is 0 Å². The smallest absolute Gasteiger partial charge is 0.257 e. The van der Waals surface area contributed by atoms with Crippen molar-refractivity contribution in [2.75, 3.05) is 13.2 Å². The fourth-order valence-corrected chi connectivity index (χ4v) is 1.82. The van der Waals surface area contributed by atoms with E-state index < -0.39 is 0 Å². The first-order valence-electron chi connectivity index (χ1n) is 7.13. The van der Waals surface area contributed by atoms with Crippen molar-refractivity contribution in [1.29, 1.82) is 5.26 Å². The van der Waals surface area contributed by atoms with Crippen LogP contribution in [0.5, 0.6) is 5.75 Å². The van der Waals surface area contributed by atoms with Crippen LogP contribution in [0.15, 0.2) is 18.2 Å². The fourth-order valence-electron chi connectivity index (χ4n) is 1.82. The molecular formula is C16H23N3O2. The first kappa shape index (κ1) is 17.0. The first-order valence-corrected chi connectivity index (χ1v) is 7.13. The average molecular weight is 289 g/mol. The van der Waals surface area contributed by atoms with E-state index in [1.54, 1.807) is 0 Å². The molecule has 21 heavy (non-hydrogen) atoms. The molecule has 0 aromatic heterocycles. The van der Waals surface area contributed by atoms with Crippen molar-refractivity contribution in [2.24, 2.45) is 0 Å². The molecule has 1 aromatic rings. The maximum absolute atomic E-state index is 11.6. The van der Waals surface area contributed by atoms with Crippen molar-refractivity contribution < 1.29 is 9.53 Å². The summed E-state index contributed by atoms with van der Waals surface area (Å²) in [6.45, 7) is 7.14. The van der Waals surface area contributed by atoms with Gasteiger partial charge in [0, 0.05) is 24.7 Å². The van der Waals surface area contributed by atoms with Gasteiger partial charge in [0.2, 0.25) is 0 Å². The highest BCUT2D eigenvalue weighted by Crippen LogP contribution is 2.23. The minimum atomic E-state index is -0.212. The lowest BCUT2D eigenvalue weighted by atomic mass is 10.1. The van der Waals surface area contributed by atoms with Crippen molar-refractivity contribution in [3.63, 3.8) is 0 Å². The van der Waals surface area contributed by atoms with E-state index in [0.29, 0.717) is 25.6 Å². The van der Waals surface area contributed by atoms with Crippen molar-refractivity contribution in [3.8, 4) is 11.8 Å². The van der Waals surface area contributed by atoms with E-state index >= 15 is 0 Å². The van der Waals surface area contributed by atoms with Gasteiger partial charge in [-0.15, -0.1) is 0 Å². The SMILES string of the molecule is Cc1cccc(CNC(C)C)c1OCC(=O)NCCC#N. The second kappa shape index (κ2) is 8.98. The molecule has 0 bridgehead atoms. The summed E-state index contributed by atoms with van der Waals surface area (Å²) in [6.07, 6.45) is 0.305. The molecule has 5 nitrogen and oxygen atoms in total. The molecule has 0 radical (unpaired) electrons. The zero-order valence-corrected chi connectivity index (χ0v) is 12.9. The van der Waals surface area contributed by atoms with Crippen LogP contribution in [0.1, 0.15) is 31.4 Å². The number of ether oxygens (including phenoxy) is 1. The summed E-state index contributed by atoms with van der Waals surface area (Å²) in [7, 11) is 0. The minimum absolute atomic E-state index is 0.0367. The number of benzene rings is 1. The largest absolute Gasteiger partial charge is 0.483 e. The van der Waals surface area contributed by atoms with E-state index in [1.165, 1.54) is 0 Å². The van der Waals surface area contributed by atoms with Crippen LogP contribution in [0.4, 0.5) is 0 Å². The van der Waals surface area contributed by atoms with Crippen LogP contribution in [-0.2, 0) is 11.3 Å². The summed E-state index contributed by atoms with van der Waals surface area (Å²) in [4.78, 5) is 11.6. The van der Waals surface area contributed by atoms with Gasteiger partial charge in [-0.1, -0.05) is 32.0 Å². The summed E-state index contributed by atoms with van der Waals surface area (Å²) >= 11 is 0. The lowest BCUT2D eigenvalue weighted by molar-refractivity contribution is -0.123. The lowest BCUT2D eigenvalue weighted by Crippen LogP contribution is -2.30. The molecule has 5 heteroatoms. The molecule has 1 rings (SSSR count). The van der Waals surface area contributed by atoms with Gasteiger partial charge in [0.05, 0.1) is 12.5 Å². The Balaban J connectivity index is 2.60. The van der Waals surface area contributed by atoms with Crippen LogP contribution in [0.25, 0.3) is 0 Å². The molecule has 0 spiro atoms. The maximum Gasteiger partial charge on any atom is 0.257 e. The Hall–Kier alpha value is -2.06. The van der Waals surface area contributed by atoms with E-state index in [1.807, 2.05) is 31.2 Å². The lowest BCUT2D eigenvalue weighted by Gasteiger charge is -2.15. The van der Waals surface area contributed by atoms with Gasteiger partial charge in [-0.2, -0.15) is 5.26 Å². The van der Waals surface area contributed by atoms with Gasteiger partial charge in [0.15, 0.2) is 6.61 Å². The molecular weight excluding hydrogens is 266 g/mol. The number of nitrogens with one attached hydrogen (secondary N) is 2. The number of carbonyl (C=O) groups is 1. The molecule has 1 amide bonds. The molecule has 0 aliphatic carbocycles. The van der Waals surface area contributed by atoms with E-state index in [9.17, 15) is 4.79 Å². The quantitative estimate of drug-likeness (QED) is 0.717. The number of amides is 1. The molecule has 0 atom stereocenters. The highest BCUT2D eigenvalue weighted by molar-refractivity contribution is 5.77. The summed E-state index contributed by atoms with van der Waals surface area (Å²) < 4.78 is 5.66. The molecule has 114 valence electrons. The highest BCUT2D eigenvalue weighted by Gasteiger charge is 2.09. The number of rotatable bonds is 8. The standard InChI is InChI=1S/C16H23N3O2/c1-12(2)19-10-14-7-4-6-13(3)16(14)21-11-15(20)18-9-5-8-17/h4,6-7,12,19H,5,9-11H2,1-3H3,(H,18,20). The minimum Gasteiger partial charge on any atom is -0.483 e. The van der Waals surface area contributed by atoms with Crippen molar-refractivity contribution >= 4 is 5.91 Å². The Morgan fingerprint density at radius 3 is 2.86 bits per heavy atom. The molecule has 1 aromatic carbocycles. The molecule has 0 heterocycles. The molecule has 0 aliphatic rings. The molecule has 0 aliphatic heterocycles. The first-order chi connectivity index (χ1) is 10.0. The number of para-hydroxylation sites is 1. The van der Waals surface area contributed by atoms with Crippen LogP contribution >= 0.6 is 0 Å². The zero-order chi connectivity index (χ0) is 15.7. The summed E-state index contributed by atoms with van der Waals surface area (Å²) in [6, 6.07) is 8.29.